The molecular weight excluding hydrogens is 404 g/mol. The van der Waals surface area contributed by atoms with Gasteiger partial charge >= 0.3 is 0 Å². The Morgan fingerprint density at radius 1 is 1.17 bits per heavy atom. The Bertz CT molecular complexity index is 1220. The van der Waals surface area contributed by atoms with E-state index < -0.39 is 15.9 Å². The van der Waals surface area contributed by atoms with E-state index in [9.17, 15) is 18.4 Å². The van der Waals surface area contributed by atoms with Crippen molar-refractivity contribution in [1.82, 2.24) is 4.57 Å². The minimum atomic E-state index is -3.41. The normalized spacial score (nSPS) is 13.7. The van der Waals surface area contributed by atoms with Crippen LogP contribution in [-0.4, -0.2) is 31.7 Å². The molecule has 8 nitrogen and oxygen atoms in total. The van der Waals surface area contributed by atoms with E-state index in [2.05, 4.69) is 5.32 Å². The van der Waals surface area contributed by atoms with Crippen LogP contribution < -0.4 is 14.4 Å². The summed E-state index contributed by atoms with van der Waals surface area (Å²) in [6.45, 7) is 2.11. The number of carbonyl (C=O) groups excluding carboxylic acids is 1. The number of nitrogens with one attached hydrogen (secondary N) is 1. The van der Waals surface area contributed by atoms with Crippen molar-refractivity contribution >= 4 is 27.3 Å². The molecule has 0 saturated carbocycles. The van der Waals surface area contributed by atoms with Crippen LogP contribution in [0.25, 0.3) is 5.69 Å². The highest BCUT2D eigenvalue weighted by Gasteiger charge is 2.28. The molecule has 30 heavy (non-hydrogen) atoms. The van der Waals surface area contributed by atoms with Crippen LogP contribution in [0.5, 0.6) is 0 Å². The SMILES string of the molecule is Cc1c(C(=O)Nc2ccccc2)[n+]([O-])cn1-c1ccc2c(c1)N(S(C)(=O)=O)CCC2. The molecule has 0 bridgehead atoms. The lowest BCUT2D eigenvalue weighted by Crippen LogP contribution is -2.34. The first-order valence-electron chi connectivity index (χ1n) is 9.54. The van der Waals surface area contributed by atoms with Crippen LogP contribution in [0.2, 0.25) is 0 Å². The van der Waals surface area contributed by atoms with Crippen molar-refractivity contribution < 1.29 is 17.9 Å². The molecule has 156 valence electrons. The molecule has 0 fully saturated rings. The summed E-state index contributed by atoms with van der Waals surface area (Å²) in [6.07, 6.45) is 4.02. The number of rotatable bonds is 4. The van der Waals surface area contributed by atoms with Gasteiger partial charge in [0.25, 0.3) is 12.2 Å². The Morgan fingerprint density at radius 2 is 1.90 bits per heavy atom. The number of amides is 1. The fourth-order valence-corrected chi connectivity index (χ4v) is 4.77. The Labute approximate surface area is 175 Å². The van der Waals surface area contributed by atoms with Gasteiger partial charge in [-0.3, -0.25) is 9.10 Å². The van der Waals surface area contributed by atoms with E-state index in [4.69, 9.17) is 0 Å². The van der Waals surface area contributed by atoms with Crippen molar-refractivity contribution in [3.05, 3.63) is 77.0 Å². The fourth-order valence-electron chi connectivity index (χ4n) is 3.78. The number of imidazole rings is 1. The quantitative estimate of drug-likeness (QED) is 0.512. The zero-order valence-corrected chi connectivity index (χ0v) is 17.5. The molecule has 2 aromatic carbocycles. The van der Waals surface area contributed by atoms with E-state index in [0.717, 1.165) is 18.4 Å². The molecule has 1 N–H and O–H groups in total. The Morgan fingerprint density at radius 3 is 2.60 bits per heavy atom. The van der Waals surface area contributed by atoms with Crippen molar-refractivity contribution in [1.29, 1.82) is 0 Å². The Hall–Kier alpha value is -3.33. The number of aryl methyl sites for hydroxylation is 1. The number of aromatic nitrogens is 2. The topological polar surface area (TPSA) is 98.3 Å². The molecule has 9 heteroatoms. The maximum absolute atomic E-state index is 12.7. The first kappa shape index (κ1) is 20.0. The lowest BCUT2D eigenvalue weighted by Gasteiger charge is -2.29. The minimum absolute atomic E-state index is 0.0171. The maximum atomic E-state index is 12.7. The van der Waals surface area contributed by atoms with E-state index >= 15 is 0 Å². The molecular formula is C21H22N4O4S. The van der Waals surface area contributed by atoms with E-state index in [0.29, 0.717) is 34.0 Å². The van der Waals surface area contributed by atoms with Crippen LogP contribution in [0.4, 0.5) is 11.4 Å². The van der Waals surface area contributed by atoms with Gasteiger partial charge in [-0.2, -0.15) is 4.57 Å². The second-order valence-corrected chi connectivity index (χ2v) is 9.22. The van der Waals surface area contributed by atoms with Gasteiger partial charge in [0, 0.05) is 25.2 Å². The van der Waals surface area contributed by atoms with Crippen molar-refractivity contribution in [2.75, 3.05) is 22.4 Å². The molecule has 0 aliphatic carbocycles. The van der Waals surface area contributed by atoms with Crippen molar-refractivity contribution in [2.45, 2.75) is 19.8 Å². The summed E-state index contributed by atoms with van der Waals surface area (Å²) >= 11 is 0. The van der Waals surface area contributed by atoms with Gasteiger partial charge in [-0.05, 0) is 36.6 Å². The standard InChI is InChI=1S/C21H22N4O4S/c1-15-20(21(26)22-17-8-4-3-5-9-17)24(27)14-23(15)18-11-10-16-7-6-12-25(19(16)13-18)30(2,28)29/h3-5,8-11,13-14H,6-7,12H2,1-2H3,(H,22,26). The lowest BCUT2D eigenvalue weighted by molar-refractivity contribution is -0.606. The van der Waals surface area contributed by atoms with Crippen LogP contribution >= 0.6 is 0 Å². The van der Waals surface area contributed by atoms with Crippen molar-refractivity contribution in [3.8, 4) is 5.69 Å². The minimum Gasteiger partial charge on any atom is -0.710 e. The molecule has 1 aromatic heterocycles. The van der Waals surface area contributed by atoms with Gasteiger partial charge in [-0.1, -0.05) is 24.3 Å². The van der Waals surface area contributed by atoms with Crippen LogP contribution in [0.1, 0.15) is 28.2 Å². The average Bonchev–Trinajstić information content (AvgIpc) is 3.01. The number of anilines is 2. The van der Waals surface area contributed by atoms with Crippen LogP contribution in [0.3, 0.4) is 0 Å². The molecule has 1 aliphatic rings. The highest BCUT2D eigenvalue weighted by molar-refractivity contribution is 7.92. The number of benzene rings is 2. The van der Waals surface area contributed by atoms with E-state index in [1.807, 2.05) is 18.2 Å². The fraction of sp³-hybridized carbons (Fsp3) is 0.238. The van der Waals surface area contributed by atoms with Crippen LogP contribution in [0, 0.1) is 12.1 Å². The molecule has 0 saturated heterocycles. The summed E-state index contributed by atoms with van der Waals surface area (Å²) in [5.41, 5.74) is 3.20. The number of hydrogen-bond acceptors (Lipinski definition) is 4. The first-order valence-corrected chi connectivity index (χ1v) is 11.4. The Balaban J connectivity index is 1.72. The molecule has 4 rings (SSSR count). The molecule has 3 aromatic rings. The molecule has 0 spiro atoms. The molecule has 0 radical (unpaired) electrons. The highest BCUT2D eigenvalue weighted by Crippen LogP contribution is 2.31. The number of nitrogens with zero attached hydrogens (tertiary/aromatic N) is 3. The molecule has 1 aliphatic heterocycles. The predicted molar refractivity (Wildman–Crippen MR) is 114 cm³/mol. The summed E-state index contributed by atoms with van der Waals surface area (Å²) in [5.74, 6) is -0.511. The number of hydrogen-bond donors (Lipinski definition) is 1. The third-order valence-electron chi connectivity index (χ3n) is 5.21. The molecule has 2 heterocycles. The van der Waals surface area contributed by atoms with Crippen LogP contribution in [0.15, 0.2) is 54.9 Å². The monoisotopic (exact) mass is 426 g/mol. The zero-order valence-electron chi connectivity index (χ0n) is 16.7. The van der Waals surface area contributed by atoms with Gasteiger partial charge in [0.05, 0.1) is 11.9 Å². The van der Waals surface area contributed by atoms with Gasteiger partial charge in [0.2, 0.25) is 15.7 Å². The first-order chi connectivity index (χ1) is 14.3. The van der Waals surface area contributed by atoms with E-state index in [1.165, 1.54) is 16.9 Å². The van der Waals surface area contributed by atoms with Gasteiger partial charge in [-0.15, -0.1) is 0 Å². The Kier molecular flexibility index (Phi) is 4.98. The summed E-state index contributed by atoms with van der Waals surface area (Å²) in [4.78, 5) is 12.7. The summed E-state index contributed by atoms with van der Waals surface area (Å²) < 4.78 is 27.9. The van der Waals surface area contributed by atoms with Crippen molar-refractivity contribution in [2.24, 2.45) is 0 Å². The van der Waals surface area contributed by atoms with Crippen molar-refractivity contribution in [3.63, 3.8) is 0 Å². The summed E-state index contributed by atoms with van der Waals surface area (Å²) in [5, 5.41) is 15.2. The van der Waals surface area contributed by atoms with Gasteiger partial charge in [0.15, 0.2) is 5.69 Å². The van der Waals surface area contributed by atoms with Gasteiger partial charge in [-0.25, -0.2) is 13.1 Å². The molecule has 0 unspecified atom stereocenters. The predicted octanol–water partition coefficient (Wildman–Crippen LogP) is 2.38. The maximum Gasteiger partial charge on any atom is 0.300 e. The van der Waals surface area contributed by atoms with Gasteiger partial charge < -0.3 is 10.5 Å². The van der Waals surface area contributed by atoms with E-state index in [1.54, 1.807) is 41.8 Å². The second kappa shape index (κ2) is 7.49. The number of fused-ring (bicyclic) bond motifs is 1. The summed E-state index contributed by atoms with van der Waals surface area (Å²) in [6, 6.07) is 14.4. The lowest BCUT2D eigenvalue weighted by atomic mass is 10.0. The molecule has 1 amide bonds. The number of para-hydroxylation sites is 1. The zero-order chi connectivity index (χ0) is 21.5. The summed E-state index contributed by atoms with van der Waals surface area (Å²) in [7, 11) is -3.41. The van der Waals surface area contributed by atoms with Crippen LogP contribution in [-0.2, 0) is 16.4 Å². The number of carbonyl (C=O) groups is 1. The smallest absolute Gasteiger partial charge is 0.300 e. The number of sulfonamides is 1. The third-order valence-corrected chi connectivity index (χ3v) is 6.39. The third kappa shape index (κ3) is 3.63. The van der Waals surface area contributed by atoms with Gasteiger partial charge in [0.1, 0.15) is 5.69 Å². The highest BCUT2D eigenvalue weighted by atomic mass is 32.2. The van der Waals surface area contributed by atoms with E-state index in [-0.39, 0.29) is 5.69 Å². The molecule has 0 atom stereocenters. The largest absolute Gasteiger partial charge is 0.710 e. The average molecular weight is 426 g/mol. The second-order valence-electron chi connectivity index (χ2n) is 7.32.